The van der Waals surface area contributed by atoms with Crippen LogP contribution in [0.1, 0.15) is 0 Å². The summed E-state index contributed by atoms with van der Waals surface area (Å²) in [5.41, 5.74) is 3.54. The molecule has 2 heteroatoms. The molecule has 1 aromatic heterocycles. The molecule has 0 fully saturated rings. The number of anilines is 3. The van der Waals surface area contributed by atoms with Crippen molar-refractivity contribution in [3.8, 4) is 0 Å². The number of rotatable bonds is 3. The van der Waals surface area contributed by atoms with Crippen molar-refractivity contribution in [2.45, 2.75) is 0 Å². The van der Waals surface area contributed by atoms with Crippen LogP contribution in [0, 0.1) is 0 Å². The van der Waals surface area contributed by atoms with Crippen LogP contribution in [-0.2, 0) is 0 Å². The summed E-state index contributed by atoms with van der Waals surface area (Å²) in [5.74, 6) is 0. The molecule has 1 heterocycles. The Morgan fingerprint density at radius 1 is 0.395 bits per heavy atom. The average molecular weight is 502 g/mol. The average Bonchev–Trinajstić information content (AvgIpc) is 3.37. The van der Waals surface area contributed by atoms with Crippen molar-refractivity contribution in [2.75, 3.05) is 4.90 Å². The molecule has 0 saturated carbocycles. The zero-order chi connectivity index (χ0) is 25.1. The fourth-order valence-electron chi connectivity index (χ4n) is 5.96. The molecule has 178 valence electrons. The van der Waals surface area contributed by atoms with E-state index in [1.54, 1.807) is 0 Å². The third kappa shape index (κ3) is 3.17. The van der Waals surface area contributed by atoms with Crippen LogP contribution in [0.4, 0.5) is 17.1 Å². The zero-order valence-electron chi connectivity index (χ0n) is 20.6. The molecular weight excluding hydrogens is 478 g/mol. The molecule has 7 aromatic carbocycles. The van der Waals surface area contributed by atoms with E-state index >= 15 is 0 Å². The van der Waals surface area contributed by atoms with E-state index in [4.69, 9.17) is 0 Å². The summed E-state index contributed by atoms with van der Waals surface area (Å²) in [7, 11) is 0. The summed E-state index contributed by atoms with van der Waals surface area (Å²) in [6.07, 6.45) is 0. The Morgan fingerprint density at radius 2 is 1.00 bits per heavy atom. The molecule has 0 amide bonds. The minimum absolute atomic E-state index is 1.15. The second-order valence-electron chi connectivity index (χ2n) is 9.75. The molecule has 8 aromatic rings. The molecule has 0 aliphatic heterocycles. The zero-order valence-corrected chi connectivity index (χ0v) is 21.5. The van der Waals surface area contributed by atoms with Crippen LogP contribution in [0.25, 0.3) is 52.5 Å². The number of fused-ring (bicyclic) bond motifs is 8. The molecule has 0 aliphatic carbocycles. The van der Waals surface area contributed by atoms with Gasteiger partial charge in [0.15, 0.2) is 0 Å². The van der Waals surface area contributed by atoms with Gasteiger partial charge in [0.2, 0.25) is 0 Å². The first-order chi connectivity index (χ1) is 18.9. The molecule has 8 rings (SSSR count). The molecule has 0 radical (unpaired) electrons. The first-order valence-electron chi connectivity index (χ1n) is 13.0. The third-order valence-corrected chi connectivity index (χ3v) is 8.71. The molecule has 0 spiro atoms. The Bertz CT molecular complexity index is 2130. The standard InChI is InChI=1S/C36H23NS/c1-2-14-26(15-3-1)37(31-20-10-13-24-11-4-6-16-27(24)31)32-23-34-36(30-19-9-8-18-29(30)32)35-28-17-7-5-12-25(28)21-22-33(35)38-34/h1-23H. The highest BCUT2D eigenvalue weighted by molar-refractivity contribution is 7.26. The van der Waals surface area contributed by atoms with E-state index in [2.05, 4.69) is 144 Å². The molecule has 0 unspecified atom stereocenters. The summed E-state index contributed by atoms with van der Waals surface area (Å²) in [4.78, 5) is 2.44. The van der Waals surface area contributed by atoms with Gasteiger partial charge in [-0.2, -0.15) is 0 Å². The quantitative estimate of drug-likeness (QED) is 0.233. The van der Waals surface area contributed by atoms with Crippen molar-refractivity contribution < 1.29 is 0 Å². The molecule has 38 heavy (non-hydrogen) atoms. The minimum Gasteiger partial charge on any atom is -0.309 e. The molecule has 0 saturated heterocycles. The summed E-state index contributed by atoms with van der Waals surface area (Å²) < 4.78 is 2.64. The van der Waals surface area contributed by atoms with Crippen molar-refractivity contribution in [1.82, 2.24) is 0 Å². The van der Waals surface area contributed by atoms with Crippen LogP contribution in [0.5, 0.6) is 0 Å². The Labute approximate surface area is 224 Å². The SMILES string of the molecule is c1ccc(N(c2cccc3ccccc23)c2cc3sc4ccc5ccccc5c4c3c3ccccc23)cc1. The van der Waals surface area contributed by atoms with Gasteiger partial charge in [0, 0.05) is 36.6 Å². The van der Waals surface area contributed by atoms with Crippen molar-refractivity contribution >= 4 is 80.9 Å². The number of para-hydroxylation sites is 1. The first-order valence-corrected chi connectivity index (χ1v) is 13.8. The number of thiophene rings is 1. The highest BCUT2D eigenvalue weighted by Crippen LogP contribution is 2.48. The minimum atomic E-state index is 1.15. The number of nitrogens with zero attached hydrogens (tertiary/aromatic N) is 1. The van der Waals surface area contributed by atoms with Gasteiger partial charge >= 0.3 is 0 Å². The van der Waals surface area contributed by atoms with Gasteiger partial charge in [-0.05, 0) is 51.9 Å². The number of hydrogen-bond donors (Lipinski definition) is 0. The summed E-state index contributed by atoms with van der Waals surface area (Å²) in [5, 5.41) is 10.4. The van der Waals surface area contributed by atoms with Crippen molar-refractivity contribution in [3.63, 3.8) is 0 Å². The largest absolute Gasteiger partial charge is 0.309 e. The first kappa shape index (κ1) is 21.4. The van der Waals surface area contributed by atoms with Crippen molar-refractivity contribution in [3.05, 3.63) is 140 Å². The van der Waals surface area contributed by atoms with E-state index in [1.165, 1.54) is 63.9 Å². The van der Waals surface area contributed by atoms with Gasteiger partial charge < -0.3 is 4.90 Å². The number of benzene rings is 7. The predicted octanol–water partition coefficient (Wildman–Crippen LogP) is 11.0. The molecule has 0 bridgehead atoms. The topological polar surface area (TPSA) is 3.24 Å². The Balaban J connectivity index is 1.53. The van der Waals surface area contributed by atoms with Gasteiger partial charge in [-0.15, -0.1) is 11.3 Å². The highest BCUT2D eigenvalue weighted by atomic mass is 32.1. The maximum absolute atomic E-state index is 2.44. The lowest BCUT2D eigenvalue weighted by Gasteiger charge is -2.28. The lowest BCUT2D eigenvalue weighted by molar-refractivity contribution is 1.32. The van der Waals surface area contributed by atoms with Gasteiger partial charge in [-0.3, -0.25) is 0 Å². The molecule has 1 nitrogen and oxygen atoms in total. The van der Waals surface area contributed by atoms with Gasteiger partial charge in [0.05, 0.1) is 11.4 Å². The van der Waals surface area contributed by atoms with Gasteiger partial charge in [0.1, 0.15) is 0 Å². The third-order valence-electron chi connectivity index (χ3n) is 7.61. The Kier molecular flexibility index (Phi) is 4.76. The van der Waals surface area contributed by atoms with Crippen LogP contribution in [0.3, 0.4) is 0 Å². The fraction of sp³-hybridized carbons (Fsp3) is 0. The van der Waals surface area contributed by atoms with E-state index in [0.717, 1.165) is 5.69 Å². The lowest BCUT2D eigenvalue weighted by atomic mass is 9.97. The van der Waals surface area contributed by atoms with Crippen LogP contribution >= 0.6 is 11.3 Å². The van der Waals surface area contributed by atoms with E-state index in [0.29, 0.717) is 0 Å². The molecule has 0 aliphatic rings. The Morgan fingerprint density at radius 3 is 1.82 bits per heavy atom. The maximum Gasteiger partial charge on any atom is 0.0554 e. The Hall–Kier alpha value is -4.66. The summed E-state index contributed by atoms with van der Waals surface area (Å²) in [6.45, 7) is 0. The van der Waals surface area contributed by atoms with Crippen LogP contribution < -0.4 is 4.90 Å². The smallest absolute Gasteiger partial charge is 0.0554 e. The van der Waals surface area contributed by atoms with Crippen molar-refractivity contribution in [2.24, 2.45) is 0 Å². The molecular formula is C36H23NS. The molecule has 0 atom stereocenters. The highest BCUT2D eigenvalue weighted by Gasteiger charge is 2.21. The second kappa shape index (κ2) is 8.44. The van der Waals surface area contributed by atoms with E-state index in [1.807, 2.05) is 11.3 Å². The van der Waals surface area contributed by atoms with Crippen LogP contribution in [-0.4, -0.2) is 0 Å². The van der Waals surface area contributed by atoms with E-state index < -0.39 is 0 Å². The predicted molar refractivity (Wildman–Crippen MR) is 167 cm³/mol. The second-order valence-corrected chi connectivity index (χ2v) is 10.8. The van der Waals surface area contributed by atoms with Crippen molar-refractivity contribution in [1.29, 1.82) is 0 Å². The van der Waals surface area contributed by atoms with Gasteiger partial charge in [0.25, 0.3) is 0 Å². The summed E-state index contributed by atoms with van der Waals surface area (Å²) >= 11 is 1.89. The monoisotopic (exact) mass is 501 g/mol. The van der Waals surface area contributed by atoms with E-state index in [-0.39, 0.29) is 0 Å². The number of hydrogen-bond acceptors (Lipinski definition) is 2. The van der Waals surface area contributed by atoms with Gasteiger partial charge in [-0.25, -0.2) is 0 Å². The van der Waals surface area contributed by atoms with Crippen LogP contribution in [0.15, 0.2) is 140 Å². The van der Waals surface area contributed by atoms with Gasteiger partial charge in [-0.1, -0.05) is 109 Å². The fourth-order valence-corrected chi connectivity index (χ4v) is 7.13. The summed E-state index contributed by atoms with van der Waals surface area (Å²) in [6, 6.07) is 50.6. The maximum atomic E-state index is 2.44. The van der Waals surface area contributed by atoms with E-state index in [9.17, 15) is 0 Å². The van der Waals surface area contributed by atoms with Crippen LogP contribution in [0.2, 0.25) is 0 Å². The lowest BCUT2D eigenvalue weighted by Crippen LogP contribution is -2.11. The molecule has 0 N–H and O–H groups in total. The normalized spacial score (nSPS) is 11.7.